The molecule has 0 rings (SSSR count). The molecular formula is C8H12N2. The number of nitrogens with zero attached hydrogens (tertiary/aromatic N) is 1. The molecule has 2 nitrogen and oxygen atoms in total. The third-order valence-corrected chi connectivity index (χ3v) is 0.890. The van der Waals surface area contributed by atoms with Crippen LogP contribution in [0.4, 0.5) is 0 Å². The molecule has 0 aromatic heterocycles. The first-order valence-corrected chi connectivity index (χ1v) is 3.00. The molecular weight excluding hydrogens is 124 g/mol. The molecule has 2 heteroatoms. The van der Waals surface area contributed by atoms with E-state index in [0.717, 1.165) is 5.57 Å². The van der Waals surface area contributed by atoms with E-state index >= 15 is 0 Å². The Bertz CT molecular complexity index is 176. The Balaban J connectivity index is 3.88. The summed E-state index contributed by atoms with van der Waals surface area (Å²) in [6, 6.07) is 0. The van der Waals surface area contributed by atoms with E-state index in [1.165, 1.54) is 6.34 Å². The van der Waals surface area contributed by atoms with Gasteiger partial charge in [0, 0.05) is 6.20 Å². The van der Waals surface area contributed by atoms with Gasteiger partial charge in [-0.25, -0.2) is 4.99 Å². The van der Waals surface area contributed by atoms with Crippen LogP contribution in [0.1, 0.15) is 6.92 Å². The number of hydrogen-bond acceptors (Lipinski definition) is 1. The van der Waals surface area contributed by atoms with Crippen molar-refractivity contribution in [2.75, 3.05) is 0 Å². The van der Waals surface area contributed by atoms with Crippen LogP contribution in [-0.2, 0) is 0 Å². The first kappa shape index (κ1) is 8.69. The molecule has 54 valence electrons. The molecule has 0 bridgehead atoms. The van der Waals surface area contributed by atoms with Crippen LogP contribution >= 0.6 is 0 Å². The van der Waals surface area contributed by atoms with Gasteiger partial charge in [-0.15, -0.1) is 0 Å². The van der Waals surface area contributed by atoms with E-state index in [9.17, 15) is 0 Å². The highest BCUT2D eigenvalue weighted by atomic mass is 14.8. The molecule has 0 atom stereocenters. The van der Waals surface area contributed by atoms with Crippen LogP contribution in [-0.4, -0.2) is 6.34 Å². The minimum absolute atomic E-state index is 1.10. The van der Waals surface area contributed by atoms with Gasteiger partial charge >= 0.3 is 0 Å². The molecule has 0 saturated heterocycles. The van der Waals surface area contributed by atoms with E-state index in [0.29, 0.717) is 0 Å². The van der Waals surface area contributed by atoms with Crippen LogP contribution < -0.4 is 5.73 Å². The van der Waals surface area contributed by atoms with Gasteiger partial charge in [-0.1, -0.05) is 18.7 Å². The summed E-state index contributed by atoms with van der Waals surface area (Å²) in [4.78, 5) is 3.69. The molecule has 0 aliphatic heterocycles. The third-order valence-electron chi connectivity index (χ3n) is 0.890. The lowest BCUT2D eigenvalue weighted by Gasteiger charge is -1.83. The second-order valence-corrected chi connectivity index (χ2v) is 1.76. The Labute approximate surface area is 61.5 Å². The SMILES string of the molecule is C=C/C=C(C)\C=C\N=CN. The van der Waals surface area contributed by atoms with Gasteiger partial charge in [0.2, 0.25) is 0 Å². The highest BCUT2D eigenvalue weighted by Crippen LogP contribution is 1.93. The van der Waals surface area contributed by atoms with Crippen LogP contribution in [0.3, 0.4) is 0 Å². The lowest BCUT2D eigenvalue weighted by atomic mass is 10.3. The van der Waals surface area contributed by atoms with Crippen LogP contribution in [0.15, 0.2) is 41.6 Å². The Morgan fingerprint density at radius 2 is 2.30 bits per heavy atom. The molecule has 0 unspecified atom stereocenters. The Morgan fingerprint density at radius 3 is 2.80 bits per heavy atom. The molecule has 0 heterocycles. The molecule has 0 amide bonds. The largest absolute Gasteiger partial charge is 0.390 e. The van der Waals surface area contributed by atoms with Gasteiger partial charge < -0.3 is 5.73 Å². The van der Waals surface area contributed by atoms with Crippen molar-refractivity contribution in [3.8, 4) is 0 Å². The summed E-state index contributed by atoms with van der Waals surface area (Å²) in [7, 11) is 0. The van der Waals surface area contributed by atoms with Crippen molar-refractivity contribution in [3.05, 3.63) is 36.6 Å². The molecule has 0 aliphatic carbocycles. The number of aliphatic imine (C=N–C) groups is 1. The number of allylic oxidation sites excluding steroid dienone is 4. The zero-order valence-electron chi connectivity index (χ0n) is 6.12. The standard InChI is InChI=1S/C8H12N2/c1-3-4-8(2)5-6-10-7-9/h3-7H,1H2,2H3,(H2,9,10)/b6-5+,8-4-. The maximum atomic E-state index is 5.01. The highest BCUT2D eigenvalue weighted by molar-refractivity contribution is 5.52. The normalized spacial score (nSPS) is 13.1. The van der Waals surface area contributed by atoms with Gasteiger partial charge in [0.1, 0.15) is 0 Å². The van der Waals surface area contributed by atoms with E-state index in [2.05, 4.69) is 11.6 Å². The molecule has 0 spiro atoms. The quantitative estimate of drug-likeness (QED) is 0.357. The topological polar surface area (TPSA) is 38.4 Å². The van der Waals surface area contributed by atoms with Crippen LogP contribution in [0.25, 0.3) is 0 Å². The summed E-state index contributed by atoms with van der Waals surface area (Å²) in [5.41, 5.74) is 6.10. The van der Waals surface area contributed by atoms with E-state index in [1.54, 1.807) is 12.3 Å². The summed E-state index contributed by atoms with van der Waals surface area (Å²) in [5.74, 6) is 0. The fourth-order valence-electron chi connectivity index (χ4n) is 0.452. The minimum atomic E-state index is 1.10. The summed E-state index contributed by atoms with van der Waals surface area (Å²) in [6.07, 6.45) is 8.35. The fourth-order valence-corrected chi connectivity index (χ4v) is 0.452. The van der Waals surface area contributed by atoms with Crippen molar-refractivity contribution in [3.63, 3.8) is 0 Å². The van der Waals surface area contributed by atoms with Crippen LogP contribution in [0.5, 0.6) is 0 Å². The van der Waals surface area contributed by atoms with Gasteiger partial charge in [-0.05, 0) is 18.6 Å². The molecule has 0 aromatic rings. The fraction of sp³-hybridized carbons (Fsp3) is 0.125. The first-order chi connectivity index (χ1) is 4.81. The summed E-state index contributed by atoms with van der Waals surface area (Å²) in [5, 5.41) is 0. The van der Waals surface area contributed by atoms with Crippen molar-refractivity contribution in [2.45, 2.75) is 6.92 Å². The second-order valence-electron chi connectivity index (χ2n) is 1.76. The second kappa shape index (κ2) is 5.82. The Kier molecular flexibility index (Phi) is 5.06. The zero-order chi connectivity index (χ0) is 7.82. The molecule has 0 fully saturated rings. The minimum Gasteiger partial charge on any atom is -0.390 e. The van der Waals surface area contributed by atoms with Crippen molar-refractivity contribution < 1.29 is 0 Å². The van der Waals surface area contributed by atoms with Gasteiger partial charge in [-0.3, -0.25) is 0 Å². The van der Waals surface area contributed by atoms with Crippen LogP contribution in [0.2, 0.25) is 0 Å². The molecule has 0 radical (unpaired) electrons. The maximum absolute atomic E-state index is 5.01. The predicted molar refractivity (Wildman–Crippen MR) is 45.8 cm³/mol. The van der Waals surface area contributed by atoms with Crippen molar-refractivity contribution in [1.82, 2.24) is 0 Å². The van der Waals surface area contributed by atoms with Gasteiger partial charge in [0.25, 0.3) is 0 Å². The molecule has 0 saturated carbocycles. The van der Waals surface area contributed by atoms with Gasteiger partial charge in [-0.2, -0.15) is 0 Å². The lowest BCUT2D eigenvalue weighted by molar-refractivity contribution is 1.47. The summed E-state index contributed by atoms with van der Waals surface area (Å²) in [6.45, 7) is 5.52. The Morgan fingerprint density at radius 1 is 1.60 bits per heavy atom. The lowest BCUT2D eigenvalue weighted by Crippen LogP contribution is -1.85. The van der Waals surface area contributed by atoms with Gasteiger partial charge in [0.05, 0.1) is 6.34 Å². The van der Waals surface area contributed by atoms with Crippen molar-refractivity contribution in [2.24, 2.45) is 10.7 Å². The average Bonchev–Trinajstić information content (AvgIpc) is 1.89. The number of rotatable bonds is 3. The van der Waals surface area contributed by atoms with E-state index in [-0.39, 0.29) is 0 Å². The number of hydrogen-bond donors (Lipinski definition) is 1. The van der Waals surface area contributed by atoms with Crippen molar-refractivity contribution in [1.29, 1.82) is 0 Å². The molecule has 0 aromatic carbocycles. The third kappa shape index (κ3) is 4.84. The van der Waals surface area contributed by atoms with Crippen molar-refractivity contribution >= 4 is 6.34 Å². The summed E-state index contributed by atoms with van der Waals surface area (Å²) >= 11 is 0. The molecule has 0 aliphatic rings. The van der Waals surface area contributed by atoms with E-state index < -0.39 is 0 Å². The first-order valence-electron chi connectivity index (χ1n) is 3.00. The van der Waals surface area contributed by atoms with Gasteiger partial charge in [0.15, 0.2) is 0 Å². The average molecular weight is 136 g/mol. The smallest absolute Gasteiger partial charge is 0.0852 e. The predicted octanol–water partition coefficient (Wildman–Crippen LogP) is 1.62. The van der Waals surface area contributed by atoms with Crippen LogP contribution in [0, 0.1) is 0 Å². The highest BCUT2D eigenvalue weighted by Gasteiger charge is 1.73. The molecule has 10 heavy (non-hydrogen) atoms. The van der Waals surface area contributed by atoms with E-state index in [4.69, 9.17) is 5.73 Å². The maximum Gasteiger partial charge on any atom is 0.0852 e. The van der Waals surface area contributed by atoms with E-state index in [1.807, 2.05) is 19.1 Å². The molecule has 2 N–H and O–H groups in total. The zero-order valence-corrected chi connectivity index (χ0v) is 6.12. The Hall–Kier alpha value is -1.31. The monoisotopic (exact) mass is 136 g/mol. The number of nitrogens with two attached hydrogens (primary N) is 1. The summed E-state index contributed by atoms with van der Waals surface area (Å²) < 4.78 is 0.